The number of amides is 1. The van der Waals surface area contributed by atoms with Gasteiger partial charge in [0.2, 0.25) is 5.91 Å². The molecule has 10 heteroatoms. The zero-order valence-corrected chi connectivity index (χ0v) is 17.5. The third-order valence-electron chi connectivity index (χ3n) is 4.78. The van der Waals surface area contributed by atoms with Gasteiger partial charge in [-0.3, -0.25) is 19.5 Å². The summed E-state index contributed by atoms with van der Waals surface area (Å²) in [5.74, 6) is -0.243. The number of carbonyl (C=O) groups is 1. The van der Waals surface area contributed by atoms with E-state index in [-0.39, 0.29) is 23.0 Å². The van der Waals surface area contributed by atoms with Gasteiger partial charge in [-0.2, -0.15) is 4.98 Å². The highest BCUT2D eigenvalue weighted by Gasteiger charge is 2.23. The van der Waals surface area contributed by atoms with E-state index in [1.807, 2.05) is 17.5 Å². The van der Waals surface area contributed by atoms with Crippen LogP contribution in [-0.4, -0.2) is 26.1 Å². The topological polar surface area (TPSA) is 107 Å². The van der Waals surface area contributed by atoms with E-state index in [1.54, 1.807) is 22.0 Å². The second-order valence-corrected chi connectivity index (χ2v) is 8.78. The van der Waals surface area contributed by atoms with E-state index in [4.69, 9.17) is 0 Å². The van der Waals surface area contributed by atoms with Gasteiger partial charge in [0.05, 0.1) is 17.2 Å². The molecule has 1 aromatic carbocycles. The molecule has 0 saturated carbocycles. The van der Waals surface area contributed by atoms with Crippen molar-refractivity contribution < 1.29 is 9.72 Å². The predicted octanol–water partition coefficient (Wildman–Crippen LogP) is 3.48. The maximum Gasteiger partial charge on any atom is 0.349 e. The lowest BCUT2D eigenvalue weighted by molar-refractivity contribution is -0.384. The van der Waals surface area contributed by atoms with Crippen molar-refractivity contribution in [1.29, 1.82) is 0 Å². The van der Waals surface area contributed by atoms with Crippen molar-refractivity contribution >= 4 is 40.4 Å². The minimum absolute atomic E-state index is 0.0660. The number of nitrogens with zero attached hydrogens (tertiary/aromatic N) is 3. The molecule has 0 radical (unpaired) electrons. The number of nitro benzene ring substituents is 1. The van der Waals surface area contributed by atoms with Crippen molar-refractivity contribution in [3.05, 3.63) is 78.5 Å². The van der Waals surface area contributed by atoms with Crippen LogP contribution >= 0.6 is 23.1 Å². The van der Waals surface area contributed by atoms with Crippen LogP contribution in [0.1, 0.15) is 22.6 Å². The molecule has 1 aliphatic rings. The molecule has 1 aliphatic carbocycles. The van der Waals surface area contributed by atoms with Gasteiger partial charge in [0.1, 0.15) is 5.03 Å². The number of hydrogen-bond acceptors (Lipinski definition) is 7. The molecule has 0 atom stereocenters. The molecule has 1 N–H and O–H groups in total. The average molecular weight is 443 g/mol. The first-order valence-corrected chi connectivity index (χ1v) is 11.2. The molecule has 4 rings (SSSR count). The molecule has 3 aromatic rings. The highest BCUT2D eigenvalue weighted by Crippen LogP contribution is 2.30. The molecular weight excluding hydrogens is 424 g/mol. The van der Waals surface area contributed by atoms with Crippen molar-refractivity contribution in [2.24, 2.45) is 0 Å². The summed E-state index contributed by atoms with van der Waals surface area (Å²) in [4.78, 5) is 40.7. The van der Waals surface area contributed by atoms with Gasteiger partial charge in [-0.05, 0) is 36.8 Å². The van der Waals surface area contributed by atoms with Gasteiger partial charge < -0.3 is 5.32 Å². The maximum atomic E-state index is 12.6. The van der Waals surface area contributed by atoms with Gasteiger partial charge in [0, 0.05) is 34.0 Å². The predicted molar refractivity (Wildman–Crippen MR) is 116 cm³/mol. The number of thiophene rings is 1. The van der Waals surface area contributed by atoms with E-state index in [0.717, 1.165) is 35.4 Å². The second-order valence-electron chi connectivity index (χ2n) is 6.79. The third kappa shape index (κ3) is 4.44. The largest absolute Gasteiger partial charge is 0.349 e. The van der Waals surface area contributed by atoms with Crippen LogP contribution in [0.4, 0.5) is 11.4 Å². The normalized spacial score (nSPS) is 12.5. The Hall–Kier alpha value is -2.98. The van der Waals surface area contributed by atoms with Gasteiger partial charge >= 0.3 is 5.69 Å². The molecule has 0 unspecified atom stereocenters. The molecule has 1 amide bonds. The Morgan fingerprint density at radius 2 is 2.17 bits per heavy atom. The Bertz CT molecular complexity index is 1160. The first-order valence-electron chi connectivity index (χ1n) is 9.33. The lowest BCUT2D eigenvalue weighted by Crippen LogP contribution is -2.27. The van der Waals surface area contributed by atoms with E-state index in [1.165, 1.54) is 30.0 Å². The highest BCUT2D eigenvalue weighted by molar-refractivity contribution is 8.00. The minimum Gasteiger partial charge on any atom is -0.325 e. The molecule has 2 heterocycles. The third-order valence-corrected chi connectivity index (χ3v) is 6.65. The summed E-state index contributed by atoms with van der Waals surface area (Å²) in [7, 11) is 0. The highest BCUT2D eigenvalue weighted by atomic mass is 32.2. The minimum atomic E-state index is -0.511. The molecule has 0 saturated heterocycles. The number of nitro groups is 1. The van der Waals surface area contributed by atoms with Crippen LogP contribution in [0.3, 0.4) is 0 Å². The zero-order valence-electron chi connectivity index (χ0n) is 15.9. The summed E-state index contributed by atoms with van der Waals surface area (Å²) in [5, 5.41) is 16.1. The van der Waals surface area contributed by atoms with E-state index >= 15 is 0 Å². The van der Waals surface area contributed by atoms with E-state index in [9.17, 15) is 19.7 Å². The summed E-state index contributed by atoms with van der Waals surface area (Å²) in [5.41, 5.74) is 2.02. The Morgan fingerprint density at radius 1 is 1.30 bits per heavy atom. The molecular formula is C20H18N4O4S2. The summed E-state index contributed by atoms with van der Waals surface area (Å²) < 4.78 is 1.74. The summed E-state index contributed by atoms with van der Waals surface area (Å²) >= 11 is 2.83. The lowest BCUT2D eigenvalue weighted by atomic mass is 10.2. The molecule has 0 spiro atoms. The monoisotopic (exact) mass is 442 g/mol. The molecule has 0 bridgehead atoms. The standard InChI is InChI=1S/C20H18N4O4S2/c25-18(21-13-4-1-5-14(10-13)24(27)28)12-30-19-16-7-2-8-17(16)23(20(26)22-19)11-15-6-3-9-29-15/h1,3-6,9-10H,2,7-8,11-12H2,(H,21,25). The van der Waals surface area contributed by atoms with Crippen molar-refractivity contribution in [3.63, 3.8) is 0 Å². The van der Waals surface area contributed by atoms with Crippen LogP contribution in [0, 0.1) is 10.1 Å². The van der Waals surface area contributed by atoms with Gasteiger partial charge in [0.15, 0.2) is 0 Å². The smallest absolute Gasteiger partial charge is 0.325 e. The number of nitrogens with one attached hydrogen (secondary N) is 1. The Balaban J connectivity index is 1.47. The fraction of sp³-hybridized carbons (Fsp3) is 0.250. The van der Waals surface area contributed by atoms with Gasteiger partial charge in [-0.15, -0.1) is 11.3 Å². The fourth-order valence-corrected chi connectivity index (χ4v) is 5.02. The lowest BCUT2D eigenvalue weighted by Gasteiger charge is -2.13. The first-order chi connectivity index (χ1) is 14.5. The number of non-ortho nitro benzene ring substituents is 1. The number of rotatable bonds is 7. The molecule has 0 fully saturated rings. The summed E-state index contributed by atoms with van der Waals surface area (Å²) in [6.07, 6.45) is 2.62. The van der Waals surface area contributed by atoms with Crippen LogP contribution < -0.4 is 11.0 Å². The Labute approximate surface area is 180 Å². The SMILES string of the molecule is O=C(CSc1nc(=O)n(Cc2cccs2)c2c1CCC2)Nc1cccc([N+](=O)[O-])c1. The number of fused-ring (bicyclic) bond motifs is 1. The van der Waals surface area contributed by atoms with Crippen molar-refractivity contribution in [2.45, 2.75) is 30.8 Å². The molecule has 30 heavy (non-hydrogen) atoms. The molecule has 154 valence electrons. The van der Waals surface area contributed by atoms with Gasteiger partial charge in [0.25, 0.3) is 5.69 Å². The van der Waals surface area contributed by atoms with E-state index < -0.39 is 4.92 Å². The average Bonchev–Trinajstić information content (AvgIpc) is 3.41. The van der Waals surface area contributed by atoms with Gasteiger partial charge in [-0.25, -0.2) is 4.79 Å². The number of thioether (sulfide) groups is 1. The van der Waals surface area contributed by atoms with E-state index in [0.29, 0.717) is 17.3 Å². The van der Waals surface area contributed by atoms with E-state index in [2.05, 4.69) is 10.3 Å². The molecule has 8 nitrogen and oxygen atoms in total. The first kappa shape index (κ1) is 20.3. The van der Waals surface area contributed by atoms with Crippen molar-refractivity contribution in [3.8, 4) is 0 Å². The second kappa shape index (κ2) is 8.80. The number of anilines is 1. The summed E-state index contributed by atoms with van der Waals surface area (Å²) in [6.45, 7) is 0.518. The Morgan fingerprint density at radius 3 is 2.93 bits per heavy atom. The van der Waals surface area contributed by atoms with Crippen LogP contribution in [0.15, 0.2) is 51.6 Å². The van der Waals surface area contributed by atoms with Gasteiger partial charge in [-0.1, -0.05) is 23.9 Å². The maximum absolute atomic E-state index is 12.6. The zero-order chi connectivity index (χ0) is 21.1. The van der Waals surface area contributed by atoms with Crippen molar-refractivity contribution in [1.82, 2.24) is 9.55 Å². The molecule has 2 aromatic heterocycles. The number of carbonyl (C=O) groups excluding carboxylic acids is 1. The molecule has 0 aliphatic heterocycles. The quantitative estimate of drug-likeness (QED) is 0.260. The number of hydrogen-bond donors (Lipinski definition) is 1. The van der Waals surface area contributed by atoms with Crippen LogP contribution in [0.5, 0.6) is 0 Å². The number of benzene rings is 1. The number of aromatic nitrogens is 2. The van der Waals surface area contributed by atoms with Crippen LogP contribution in [-0.2, 0) is 24.2 Å². The van der Waals surface area contributed by atoms with Crippen molar-refractivity contribution in [2.75, 3.05) is 11.1 Å². The Kier molecular flexibility index (Phi) is 5.96. The van der Waals surface area contributed by atoms with Crippen LogP contribution in [0.2, 0.25) is 0 Å². The fourth-order valence-electron chi connectivity index (χ4n) is 3.46. The van der Waals surface area contributed by atoms with Crippen LogP contribution in [0.25, 0.3) is 0 Å². The summed E-state index contributed by atoms with van der Waals surface area (Å²) in [6, 6.07) is 9.75.